The van der Waals surface area contributed by atoms with Crippen LogP contribution in [0.25, 0.3) is 10.2 Å². The van der Waals surface area contributed by atoms with Crippen LogP contribution in [0.1, 0.15) is 17.3 Å². The maximum absolute atomic E-state index is 13.0. The minimum absolute atomic E-state index is 0.0361. The van der Waals surface area contributed by atoms with Crippen LogP contribution < -0.4 is 14.3 Å². The Bertz CT molecular complexity index is 1270. The van der Waals surface area contributed by atoms with Gasteiger partial charge in [-0.3, -0.25) is 4.79 Å². The zero-order valence-corrected chi connectivity index (χ0v) is 19.4. The van der Waals surface area contributed by atoms with Gasteiger partial charge < -0.3 is 18.8 Å². The Morgan fingerprint density at radius 2 is 1.81 bits per heavy atom. The van der Waals surface area contributed by atoms with Crippen molar-refractivity contribution >= 4 is 37.3 Å². The minimum atomic E-state index is -3.58. The summed E-state index contributed by atoms with van der Waals surface area (Å²) in [6.45, 7) is 3.36. The molecule has 2 aromatic carbocycles. The smallest absolute Gasteiger partial charge is 0.280 e. The van der Waals surface area contributed by atoms with Crippen molar-refractivity contribution in [2.75, 3.05) is 33.7 Å². The second-order valence-corrected chi connectivity index (χ2v) is 9.59. The Balaban J connectivity index is 2.19. The predicted molar refractivity (Wildman–Crippen MR) is 119 cm³/mol. The Morgan fingerprint density at radius 1 is 1.13 bits per heavy atom. The van der Waals surface area contributed by atoms with Gasteiger partial charge in [0.2, 0.25) is 0 Å². The molecule has 3 aromatic rings. The molecule has 0 bridgehead atoms. The van der Waals surface area contributed by atoms with Crippen molar-refractivity contribution in [3.63, 3.8) is 0 Å². The zero-order chi connectivity index (χ0) is 22.6. The van der Waals surface area contributed by atoms with Gasteiger partial charge in [-0.25, -0.2) is 8.42 Å². The summed E-state index contributed by atoms with van der Waals surface area (Å²) >= 11 is 1.30. The summed E-state index contributed by atoms with van der Waals surface area (Å²) in [5.41, 5.74) is 0.847. The molecule has 8 nitrogen and oxygen atoms in total. The van der Waals surface area contributed by atoms with Gasteiger partial charge in [0.05, 0.1) is 41.5 Å². The fourth-order valence-corrected chi connectivity index (χ4v) is 5.06. The van der Waals surface area contributed by atoms with Gasteiger partial charge in [0, 0.05) is 31.5 Å². The number of methoxy groups -OCH3 is 2. The number of carbonyl (C=O) groups is 1. The molecule has 166 valence electrons. The highest BCUT2D eigenvalue weighted by Crippen LogP contribution is 2.33. The largest absolute Gasteiger partial charge is 0.493 e. The average molecular weight is 465 g/mol. The van der Waals surface area contributed by atoms with E-state index in [0.717, 1.165) is 16.5 Å². The molecule has 0 spiro atoms. The topological polar surface area (TPSA) is 96.2 Å². The number of nitrogens with zero attached hydrogens (tertiary/aromatic N) is 2. The first-order chi connectivity index (χ1) is 14.8. The highest BCUT2D eigenvalue weighted by atomic mass is 32.2. The number of ether oxygens (including phenoxy) is 3. The van der Waals surface area contributed by atoms with E-state index < -0.39 is 15.7 Å². The number of sulfone groups is 1. The van der Waals surface area contributed by atoms with Crippen LogP contribution in [0.2, 0.25) is 0 Å². The number of carbonyl (C=O) groups excluding carboxylic acids is 1. The normalized spacial score (nSPS) is 12.3. The Kier molecular flexibility index (Phi) is 7.14. The van der Waals surface area contributed by atoms with Gasteiger partial charge in [-0.2, -0.15) is 4.99 Å². The van der Waals surface area contributed by atoms with E-state index in [9.17, 15) is 13.2 Å². The lowest BCUT2D eigenvalue weighted by Crippen LogP contribution is -2.20. The maximum atomic E-state index is 13.0. The monoisotopic (exact) mass is 464 g/mol. The molecule has 0 N–H and O–H groups in total. The van der Waals surface area contributed by atoms with Crippen molar-refractivity contribution in [1.82, 2.24) is 4.57 Å². The third-order valence-corrected chi connectivity index (χ3v) is 6.76. The number of benzene rings is 2. The molecule has 0 aliphatic rings. The van der Waals surface area contributed by atoms with Crippen molar-refractivity contribution in [2.24, 2.45) is 4.99 Å². The van der Waals surface area contributed by atoms with Gasteiger partial charge in [0.15, 0.2) is 26.1 Å². The first kappa shape index (κ1) is 23.0. The van der Waals surface area contributed by atoms with Crippen molar-refractivity contribution in [1.29, 1.82) is 0 Å². The molecule has 10 heteroatoms. The lowest BCUT2D eigenvalue weighted by molar-refractivity contribution is 0.0993. The molecule has 0 atom stereocenters. The van der Waals surface area contributed by atoms with E-state index in [4.69, 9.17) is 14.2 Å². The Morgan fingerprint density at radius 3 is 2.45 bits per heavy atom. The lowest BCUT2D eigenvalue weighted by Gasteiger charge is -2.09. The number of hydrogen-bond donors (Lipinski definition) is 0. The molecule has 0 saturated carbocycles. The second kappa shape index (κ2) is 9.63. The van der Waals surface area contributed by atoms with Gasteiger partial charge in [0.25, 0.3) is 5.91 Å². The first-order valence-corrected chi connectivity index (χ1v) is 12.2. The summed E-state index contributed by atoms with van der Waals surface area (Å²) in [6, 6.07) is 9.71. The molecular formula is C21H24N2O6S2. The minimum Gasteiger partial charge on any atom is -0.493 e. The maximum Gasteiger partial charge on any atom is 0.280 e. The molecule has 1 heterocycles. The molecule has 0 fully saturated rings. The van der Waals surface area contributed by atoms with Gasteiger partial charge in [-0.05, 0) is 19.1 Å². The van der Waals surface area contributed by atoms with E-state index in [1.165, 1.54) is 23.5 Å². The molecule has 0 unspecified atom stereocenters. The predicted octanol–water partition coefficient (Wildman–Crippen LogP) is 2.90. The Hall–Kier alpha value is -2.69. The summed E-state index contributed by atoms with van der Waals surface area (Å²) in [7, 11) is -0.472. The standard InChI is InChI=1S/C21H24N2O6S2/c1-5-29-11-10-23-15-12-16(27-2)17(28-3)13-18(15)30-21(23)22-20(24)14-8-6-7-9-19(14)31(4,25)26/h6-9,12-13H,5,10-11H2,1-4H3. The molecule has 1 aromatic heterocycles. The number of aromatic nitrogens is 1. The SMILES string of the molecule is CCOCCn1c(=NC(=O)c2ccccc2S(C)(=O)=O)sc2cc(OC)c(OC)cc21. The van der Waals surface area contributed by atoms with Crippen molar-refractivity contribution < 1.29 is 27.4 Å². The number of fused-ring (bicyclic) bond motifs is 1. The summed E-state index contributed by atoms with van der Waals surface area (Å²) < 4.78 is 43.2. The lowest BCUT2D eigenvalue weighted by atomic mass is 10.2. The highest BCUT2D eigenvalue weighted by molar-refractivity contribution is 7.90. The molecular weight excluding hydrogens is 440 g/mol. The van der Waals surface area contributed by atoms with Crippen LogP contribution in [0.5, 0.6) is 11.5 Å². The number of thiazole rings is 1. The van der Waals surface area contributed by atoms with Crippen LogP contribution in [0.3, 0.4) is 0 Å². The van der Waals surface area contributed by atoms with Crippen LogP contribution in [0.4, 0.5) is 0 Å². The fourth-order valence-electron chi connectivity index (χ4n) is 3.11. The number of hydrogen-bond acceptors (Lipinski definition) is 7. The molecule has 0 radical (unpaired) electrons. The van der Waals surface area contributed by atoms with Crippen LogP contribution in [-0.2, 0) is 21.1 Å². The van der Waals surface area contributed by atoms with Gasteiger partial charge >= 0.3 is 0 Å². The van der Waals surface area contributed by atoms with E-state index in [0.29, 0.717) is 36.1 Å². The van der Waals surface area contributed by atoms with E-state index in [-0.39, 0.29) is 10.5 Å². The van der Waals surface area contributed by atoms with E-state index in [2.05, 4.69) is 4.99 Å². The van der Waals surface area contributed by atoms with Gasteiger partial charge in [0.1, 0.15) is 0 Å². The molecule has 0 aliphatic carbocycles. The molecule has 31 heavy (non-hydrogen) atoms. The quantitative estimate of drug-likeness (QED) is 0.476. The summed E-state index contributed by atoms with van der Waals surface area (Å²) in [5.74, 6) is 0.489. The van der Waals surface area contributed by atoms with Gasteiger partial charge in [-0.1, -0.05) is 23.5 Å². The van der Waals surface area contributed by atoms with E-state index in [1.807, 2.05) is 23.6 Å². The fraction of sp³-hybridized carbons (Fsp3) is 0.333. The van der Waals surface area contributed by atoms with Crippen LogP contribution in [-0.4, -0.2) is 52.6 Å². The van der Waals surface area contributed by atoms with Crippen LogP contribution in [0.15, 0.2) is 46.3 Å². The van der Waals surface area contributed by atoms with Crippen LogP contribution >= 0.6 is 11.3 Å². The average Bonchev–Trinajstić information content (AvgIpc) is 3.08. The van der Waals surface area contributed by atoms with E-state index in [1.54, 1.807) is 26.4 Å². The third kappa shape index (κ3) is 4.97. The molecule has 0 aliphatic heterocycles. The molecule has 3 rings (SSSR count). The third-order valence-electron chi connectivity index (χ3n) is 4.57. The number of amides is 1. The zero-order valence-electron chi connectivity index (χ0n) is 17.7. The first-order valence-electron chi connectivity index (χ1n) is 9.51. The molecule has 0 saturated heterocycles. The van der Waals surface area contributed by atoms with Crippen molar-refractivity contribution in [3.05, 3.63) is 46.8 Å². The summed E-state index contributed by atoms with van der Waals surface area (Å²) in [4.78, 5) is 17.6. The Labute approximate surface area is 184 Å². The molecule has 1 amide bonds. The van der Waals surface area contributed by atoms with Crippen molar-refractivity contribution in [3.8, 4) is 11.5 Å². The highest BCUT2D eigenvalue weighted by Gasteiger charge is 2.19. The van der Waals surface area contributed by atoms with Crippen LogP contribution in [0, 0.1) is 0 Å². The van der Waals surface area contributed by atoms with Crippen molar-refractivity contribution in [2.45, 2.75) is 18.4 Å². The van der Waals surface area contributed by atoms with Gasteiger partial charge in [-0.15, -0.1) is 0 Å². The van der Waals surface area contributed by atoms with E-state index >= 15 is 0 Å². The second-order valence-electron chi connectivity index (χ2n) is 6.59. The number of rotatable bonds is 8. The summed E-state index contributed by atoms with van der Waals surface area (Å²) in [6.07, 6.45) is 1.07. The summed E-state index contributed by atoms with van der Waals surface area (Å²) in [5, 5.41) is 0.